The van der Waals surface area contributed by atoms with E-state index in [4.69, 9.17) is 14.0 Å². The molecule has 0 unspecified atom stereocenters. The highest BCUT2D eigenvalue weighted by molar-refractivity contribution is 6.48. The second-order valence-electron chi connectivity index (χ2n) is 14.3. The molecule has 0 aromatic heterocycles. The second-order valence-corrected chi connectivity index (χ2v) is 14.3. The van der Waals surface area contributed by atoms with E-state index in [9.17, 15) is 9.59 Å². The van der Waals surface area contributed by atoms with Gasteiger partial charge in [0.1, 0.15) is 12.6 Å². The number of alkyl carbamates (subject to hydrolysis) is 1. The maximum absolute atomic E-state index is 14.1. The number of benzene rings is 3. The summed E-state index contributed by atoms with van der Waals surface area (Å²) in [5.41, 5.74) is 1.74. The van der Waals surface area contributed by atoms with Gasteiger partial charge in [0, 0.05) is 6.42 Å². The predicted molar refractivity (Wildman–Crippen MR) is 173 cm³/mol. The minimum absolute atomic E-state index is 0.0108. The molecule has 232 valence electrons. The van der Waals surface area contributed by atoms with Crippen molar-refractivity contribution in [3.63, 3.8) is 0 Å². The summed E-state index contributed by atoms with van der Waals surface area (Å²) in [6, 6.07) is 22.8. The van der Waals surface area contributed by atoms with Crippen molar-refractivity contribution in [2.45, 2.75) is 90.6 Å². The lowest BCUT2D eigenvalue weighted by Gasteiger charge is -2.63. The van der Waals surface area contributed by atoms with Crippen LogP contribution in [0.5, 0.6) is 0 Å². The average Bonchev–Trinajstić information content (AvgIpc) is 3.37. The lowest BCUT2D eigenvalue weighted by Crippen LogP contribution is -2.63. The molecular weight excluding hydrogens is 551 g/mol. The number of rotatable bonds is 10. The number of carbonyl (C=O) groups is 2. The Labute approximate surface area is 261 Å². The Kier molecular flexibility index (Phi) is 8.51. The van der Waals surface area contributed by atoms with Crippen molar-refractivity contribution in [2.24, 2.45) is 23.2 Å². The Morgan fingerprint density at radius 1 is 0.977 bits per heavy atom. The van der Waals surface area contributed by atoms with E-state index in [2.05, 4.69) is 57.4 Å². The van der Waals surface area contributed by atoms with Crippen LogP contribution in [0.4, 0.5) is 4.79 Å². The van der Waals surface area contributed by atoms with Crippen LogP contribution in [0.25, 0.3) is 10.8 Å². The number of hydrogen-bond donors (Lipinski definition) is 2. The molecule has 4 aliphatic rings. The summed E-state index contributed by atoms with van der Waals surface area (Å²) in [5, 5.41) is 8.26. The molecule has 7 nitrogen and oxygen atoms in total. The lowest BCUT2D eigenvalue weighted by atomic mass is 9.45. The normalized spacial score (nSPS) is 26.4. The number of hydrogen-bond acceptors (Lipinski definition) is 5. The molecule has 1 heterocycles. The van der Waals surface area contributed by atoms with Gasteiger partial charge < -0.3 is 24.7 Å². The molecule has 3 aromatic carbocycles. The summed E-state index contributed by atoms with van der Waals surface area (Å²) >= 11 is 0. The standard InChI is InChI=1S/C36H45BN2O5/c1-23(2)18-31(37-43-32-29-20-27(35(29,3)4)21-36(32,5)44-37)39-33(40)30(38-34(41)42-22-24-12-7-6-8-13-24)19-26-16-11-15-25-14-9-10-17-28(25)26/h6-17,23,27,29-32H,18-22H2,1-5H3,(H,38,41)(H,39,40)/t27-,29+,30-,31+,32+,36-/m0/s1. The van der Waals surface area contributed by atoms with Crippen molar-refractivity contribution in [1.82, 2.24) is 10.6 Å². The monoisotopic (exact) mass is 596 g/mol. The topological polar surface area (TPSA) is 85.9 Å². The van der Waals surface area contributed by atoms with Gasteiger partial charge in [-0.3, -0.25) is 4.79 Å². The number of nitrogens with one attached hydrogen (secondary N) is 2. The number of carbonyl (C=O) groups excluding carboxylic acids is 2. The van der Waals surface area contributed by atoms with Crippen molar-refractivity contribution in [1.29, 1.82) is 0 Å². The first-order valence-electron chi connectivity index (χ1n) is 16.1. The van der Waals surface area contributed by atoms with Gasteiger partial charge >= 0.3 is 13.2 Å². The molecule has 1 saturated heterocycles. The Morgan fingerprint density at radius 3 is 2.45 bits per heavy atom. The fraction of sp³-hybridized carbons (Fsp3) is 0.500. The molecule has 2 N–H and O–H groups in total. The van der Waals surface area contributed by atoms with Crippen LogP contribution >= 0.6 is 0 Å². The van der Waals surface area contributed by atoms with Crippen molar-refractivity contribution in [3.05, 3.63) is 83.9 Å². The largest absolute Gasteiger partial charge is 0.481 e. The van der Waals surface area contributed by atoms with Gasteiger partial charge in [-0.05, 0) is 71.3 Å². The predicted octanol–water partition coefficient (Wildman–Crippen LogP) is 6.48. The Morgan fingerprint density at radius 2 is 1.70 bits per heavy atom. The first kappa shape index (κ1) is 30.7. The van der Waals surface area contributed by atoms with Gasteiger partial charge in [0.2, 0.25) is 5.91 Å². The van der Waals surface area contributed by atoms with E-state index in [-0.39, 0.29) is 35.6 Å². The van der Waals surface area contributed by atoms with Crippen molar-refractivity contribution >= 4 is 29.9 Å². The first-order valence-corrected chi connectivity index (χ1v) is 16.1. The van der Waals surface area contributed by atoms with Crippen LogP contribution < -0.4 is 10.6 Å². The average molecular weight is 597 g/mol. The van der Waals surface area contributed by atoms with E-state index in [0.717, 1.165) is 28.3 Å². The zero-order valence-electron chi connectivity index (χ0n) is 26.5. The number of ether oxygens (including phenoxy) is 1. The molecule has 4 fully saturated rings. The van der Waals surface area contributed by atoms with E-state index >= 15 is 0 Å². The third kappa shape index (κ3) is 6.11. The third-order valence-electron chi connectivity index (χ3n) is 10.3. The Balaban J connectivity index is 1.21. The van der Waals surface area contributed by atoms with Crippen molar-refractivity contribution < 1.29 is 23.6 Å². The molecular formula is C36H45BN2O5. The van der Waals surface area contributed by atoms with Crippen LogP contribution in [0.3, 0.4) is 0 Å². The van der Waals surface area contributed by atoms with E-state index < -0.39 is 19.3 Å². The Hall–Kier alpha value is -3.36. The van der Waals surface area contributed by atoms with E-state index in [1.807, 2.05) is 60.7 Å². The first-order chi connectivity index (χ1) is 21.0. The number of fused-ring (bicyclic) bond motifs is 1. The summed E-state index contributed by atoms with van der Waals surface area (Å²) in [5.74, 6) is 0.741. The van der Waals surface area contributed by atoms with Crippen LogP contribution in [0, 0.1) is 23.2 Å². The van der Waals surface area contributed by atoms with Gasteiger partial charge in [-0.15, -0.1) is 0 Å². The molecule has 2 amide bonds. The fourth-order valence-electron chi connectivity index (χ4n) is 7.75. The lowest BCUT2D eigenvalue weighted by molar-refractivity contribution is -0.185. The molecule has 44 heavy (non-hydrogen) atoms. The maximum atomic E-state index is 14.1. The molecule has 3 aromatic rings. The molecule has 0 radical (unpaired) electrons. The molecule has 1 aliphatic heterocycles. The summed E-state index contributed by atoms with van der Waals surface area (Å²) in [4.78, 5) is 27.2. The quantitative estimate of drug-likeness (QED) is 0.262. The summed E-state index contributed by atoms with van der Waals surface area (Å²) in [7, 11) is -0.547. The molecule has 7 rings (SSSR count). The molecule has 2 bridgehead atoms. The Bertz CT molecular complexity index is 1490. The summed E-state index contributed by atoms with van der Waals surface area (Å²) in [6.07, 6.45) is 2.52. The van der Waals surface area contributed by atoms with Crippen LogP contribution in [-0.2, 0) is 31.9 Å². The minimum Gasteiger partial charge on any atom is -0.445 e. The van der Waals surface area contributed by atoms with Gasteiger partial charge in [0.25, 0.3) is 0 Å². The maximum Gasteiger partial charge on any atom is 0.481 e. The van der Waals surface area contributed by atoms with Crippen LogP contribution in [0.2, 0.25) is 0 Å². The molecule has 6 atom stereocenters. The van der Waals surface area contributed by atoms with Crippen molar-refractivity contribution in [3.8, 4) is 0 Å². The van der Waals surface area contributed by atoms with E-state index in [1.165, 1.54) is 6.42 Å². The second kappa shape index (κ2) is 12.2. The zero-order chi connectivity index (χ0) is 31.1. The smallest absolute Gasteiger partial charge is 0.445 e. The van der Waals surface area contributed by atoms with E-state index in [1.54, 1.807) is 0 Å². The molecule has 3 aliphatic carbocycles. The highest BCUT2D eigenvalue weighted by Gasteiger charge is 2.67. The summed E-state index contributed by atoms with van der Waals surface area (Å²) < 4.78 is 18.9. The molecule has 8 heteroatoms. The fourth-order valence-corrected chi connectivity index (χ4v) is 7.75. The molecule has 3 saturated carbocycles. The van der Waals surface area contributed by atoms with Crippen LogP contribution in [-0.4, -0.2) is 42.8 Å². The van der Waals surface area contributed by atoms with Gasteiger partial charge in [-0.2, -0.15) is 0 Å². The highest BCUT2D eigenvalue weighted by atomic mass is 16.7. The molecule has 0 spiro atoms. The zero-order valence-corrected chi connectivity index (χ0v) is 26.5. The van der Waals surface area contributed by atoms with E-state index in [0.29, 0.717) is 30.6 Å². The van der Waals surface area contributed by atoms with Crippen molar-refractivity contribution in [2.75, 3.05) is 0 Å². The van der Waals surface area contributed by atoms with Gasteiger partial charge in [-0.1, -0.05) is 100 Å². The SMILES string of the molecule is CC(C)C[C@@H](NC(=O)[C@H](Cc1cccc2ccccc12)NC(=O)OCc1ccccc1)B1O[C@@H]2[C@H]3C[C@@H](C[C@]2(C)O1)C3(C)C. The van der Waals surface area contributed by atoms with Gasteiger partial charge in [0.15, 0.2) is 0 Å². The van der Waals surface area contributed by atoms with Gasteiger partial charge in [0.05, 0.1) is 17.6 Å². The van der Waals surface area contributed by atoms with Crippen LogP contribution in [0.1, 0.15) is 65.0 Å². The minimum atomic E-state index is -0.857. The third-order valence-corrected chi connectivity index (χ3v) is 10.3. The number of amides is 2. The highest BCUT2D eigenvalue weighted by Crippen LogP contribution is 2.64. The van der Waals surface area contributed by atoms with Crippen LogP contribution in [0.15, 0.2) is 72.8 Å². The summed E-state index contributed by atoms with van der Waals surface area (Å²) in [6.45, 7) is 11.2. The van der Waals surface area contributed by atoms with Gasteiger partial charge in [-0.25, -0.2) is 4.79 Å².